The summed E-state index contributed by atoms with van der Waals surface area (Å²) >= 11 is 0. The number of fused-ring (bicyclic) bond motifs is 2. The number of hydrogen-bond acceptors (Lipinski definition) is 5. The van der Waals surface area contributed by atoms with Crippen molar-refractivity contribution in [2.24, 2.45) is 0 Å². The lowest BCUT2D eigenvalue weighted by molar-refractivity contribution is -0.123. The van der Waals surface area contributed by atoms with Gasteiger partial charge in [-0.3, -0.25) is 14.7 Å². The molecule has 1 aromatic heterocycles. The number of ether oxygens (including phenoxy) is 1. The Bertz CT molecular complexity index is 1200. The summed E-state index contributed by atoms with van der Waals surface area (Å²) in [7, 11) is 0. The first-order chi connectivity index (χ1) is 15.9. The van der Waals surface area contributed by atoms with E-state index in [4.69, 9.17) is 9.72 Å². The molecule has 1 N–H and O–H groups in total. The van der Waals surface area contributed by atoms with Crippen LogP contribution in [0.1, 0.15) is 53.0 Å². The van der Waals surface area contributed by atoms with Crippen LogP contribution in [0, 0.1) is 13.8 Å². The molecule has 2 aromatic carbocycles. The number of para-hydroxylation sites is 1. The van der Waals surface area contributed by atoms with Crippen molar-refractivity contribution in [1.29, 1.82) is 0 Å². The fourth-order valence-corrected chi connectivity index (χ4v) is 4.36. The number of rotatable bonds is 6. The molecule has 3 aromatic rings. The minimum Gasteiger partial charge on any atom is -0.449 e. The number of aromatic nitrogens is 1. The van der Waals surface area contributed by atoms with E-state index in [9.17, 15) is 9.59 Å². The SMILES string of the molecule is CCCN1CCc2nc3ccccc3c(C(=O)OC(C)C(=O)Nc3cc(C)ccc3C)c2C1. The average molecular weight is 446 g/mol. The third kappa shape index (κ3) is 4.91. The predicted molar refractivity (Wildman–Crippen MR) is 130 cm³/mol. The maximum atomic E-state index is 13.4. The van der Waals surface area contributed by atoms with Crippen LogP contribution < -0.4 is 5.32 Å². The van der Waals surface area contributed by atoms with Gasteiger partial charge < -0.3 is 10.1 Å². The Morgan fingerprint density at radius 3 is 2.76 bits per heavy atom. The molecule has 6 heteroatoms. The zero-order valence-electron chi connectivity index (χ0n) is 19.8. The van der Waals surface area contributed by atoms with Gasteiger partial charge >= 0.3 is 5.97 Å². The molecule has 4 rings (SSSR count). The highest BCUT2D eigenvalue weighted by Crippen LogP contribution is 2.29. The summed E-state index contributed by atoms with van der Waals surface area (Å²) < 4.78 is 5.71. The molecule has 0 saturated carbocycles. The van der Waals surface area contributed by atoms with Crippen LogP contribution in [0.5, 0.6) is 0 Å². The van der Waals surface area contributed by atoms with Crippen LogP contribution in [0.25, 0.3) is 10.9 Å². The maximum absolute atomic E-state index is 13.4. The molecule has 33 heavy (non-hydrogen) atoms. The van der Waals surface area contributed by atoms with E-state index in [1.54, 1.807) is 6.92 Å². The van der Waals surface area contributed by atoms with Gasteiger partial charge in [0.05, 0.1) is 11.1 Å². The van der Waals surface area contributed by atoms with Crippen molar-refractivity contribution < 1.29 is 14.3 Å². The fourth-order valence-electron chi connectivity index (χ4n) is 4.36. The van der Waals surface area contributed by atoms with Crippen LogP contribution in [0.15, 0.2) is 42.5 Å². The van der Waals surface area contributed by atoms with Crippen molar-refractivity contribution >= 4 is 28.5 Å². The summed E-state index contributed by atoms with van der Waals surface area (Å²) in [5, 5.41) is 3.66. The number of amides is 1. The molecule has 172 valence electrons. The molecule has 0 spiro atoms. The van der Waals surface area contributed by atoms with E-state index in [-0.39, 0.29) is 5.91 Å². The molecule has 1 aliphatic heterocycles. The highest BCUT2D eigenvalue weighted by molar-refractivity contribution is 6.06. The lowest BCUT2D eigenvalue weighted by Crippen LogP contribution is -2.34. The number of pyridine rings is 1. The standard InChI is InChI=1S/C27H31N3O3/c1-5-13-30-14-12-23-21(16-30)25(20-8-6-7-9-22(20)28-23)27(32)33-19(4)26(31)29-24-15-17(2)10-11-18(24)3/h6-11,15,19H,5,12-14,16H2,1-4H3,(H,29,31). The molecule has 0 radical (unpaired) electrons. The second-order valence-electron chi connectivity index (χ2n) is 8.81. The van der Waals surface area contributed by atoms with Crippen molar-refractivity contribution in [3.05, 3.63) is 70.4 Å². The Morgan fingerprint density at radius 2 is 1.97 bits per heavy atom. The van der Waals surface area contributed by atoms with Crippen LogP contribution in [0.3, 0.4) is 0 Å². The lowest BCUT2D eigenvalue weighted by Gasteiger charge is -2.29. The van der Waals surface area contributed by atoms with Gasteiger partial charge in [-0.1, -0.05) is 37.3 Å². The first-order valence-electron chi connectivity index (χ1n) is 11.6. The summed E-state index contributed by atoms with van der Waals surface area (Å²) in [6.45, 7) is 10.2. The Morgan fingerprint density at radius 1 is 1.18 bits per heavy atom. The summed E-state index contributed by atoms with van der Waals surface area (Å²) in [6.07, 6.45) is 0.907. The monoisotopic (exact) mass is 445 g/mol. The minimum absolute atomic E-state index is 0.350. The van der Waals surface area contributed by atoms with Crippen LogP contribution >= 0.6 is 0 Å². The van der Waals surface area contributed by atoms with Gasteiger partial charge in [-0.15, -0.1) is 0 Å². The first kappa shape index (κ1) is 22.9. The summed E-state index contributed by atoms with van der Waals surface area (Å²) in [4.78, 5) is 33.4. The number of nitrogens with zero attached hydrogens (tertiary/aromatic N) is 2. The quantitative estimate of drug-likeness (QED) is 0.552. The van der Waals surface area contributed by atoms with E-state index in [1.807, 2.05) is 56.3 Å². The number of anilines is 1. The number of carbonyl (C=O) groups excluding carboxylic acids is 2. The Balaban J connectivity index is 1.61. The number of esters is 1. The number of carbonyl (C=O) groups is 2. The van der Waals surface area contributed by atoms with E-state index >= 15 is 0 Å². The highest BCUT2D eigenvalue weighted by Gasteiger charge is 2.28. The van der Waals surface area contributed by atoms with Gasteiger partial charge in [-0.25, -0.2) is 4.79 Å². The zero-order valence-corrected chi connectivity index (χ0v) is 19.8. The number of aryl methyl sites for hydroxylation is 2. The van der Waals surface area contributed by atoms with E-state index in [1.165, 1.54) is 0 Å². The molecule has 1 aliphatic rings. The predicted octanol–water partition coefficient (Wildman–Crippen LogP) is 4.80. The van der Waals surface area contributed by atoms with Crippen molar-refractivity contribution in [2.45, 2.75) is 53.2 Å². The second kappa shape index (κ2) is 9.71. The van der Waals surface area contributed by atoms with Gasteiger partial charge in [-0.05, 0) is 57.0 Å². The zero-order chi connectivity index (χ0) is 23.5. The van der Waals surface area contributed by atoms with E-state index in [0.717, 1.165) is 64.9 Å². The first-order valence-corrected chi connectivity index (χ1v) is 11.6. The number of nitrogens with one attached hydrogen (secondary N) is 1. The molecule has 2 heterocycles. The van der Waals surface area contributed by atoms with E-state index < -0.39 is 12.1 Å². The van der Waals surface area contributed by atoms with Crippen LogP contribution in [0.4, 0.5) is 5.69 Å². The third-order valence-corrected chi connectivity index (χ3v) is 6.17. The molecule has 0 bridgehead atoms. The number of benzene rings is 2. The minimum atomic E-state index is -0.935. The average Bonchev–Trinajstić information content (AvgIpc) is 2.80. The largest absolute Gasteiger partial charge is 0.449 e. The van der Waals surface area contributed by atoms with E-state index in [2.05, 4.69) is 17.1 Å². The van der Waals surface area contributed by atoms with Crippen LogP contribution in [0.2, 0.25) is 0 Å². The molecular weight excluding hydrogens is 414 g/mol. The number of hydrogen-bond donors (Lipinski definition) is 1. The Kier molecular flexibility index (Phi) is 6.75. The van der Waals surface area contributed by atoms with Crippen LogP contribution in [-0.4, -0.2) is 41.0 Å². The van der Waals surface area contributed by atoms with Gasteiger partial charge in [0.15, 0.2) is 6.10 Å². The molecule has 1 amide bonds. The molecule has 0 aliphatic carbocycles. The normalized spacial score (nSPS) is 14.5. The van der Waals surface area contributed by atoms with Gasteiger partial charge in [0.2, 0.25) is 0 Å². The van der Waals surface area contributed by atoms with Crippen molar-refractivity contribution in [3.8, 4) is 0 Å². The molecular formula is C27H31N3O3. The summed E-state index contributed by atoms with van der Waals surface area (Å²) in [5.74, 6) is -0.830. The van der Waals surface area contributed by atoms with Gasteiger partial charge in [0, 0.05) is 41.8 Å². The Labute approximate surface area is 195 Å². The van der Waals surface area contributed by atoms with Crippen molar-refractivity contribution in [1.82, 2.24) is 9.88 Å². The third-order valence-electron chi connectivity index (χ3n) is 6.17. The maximum Gasteiger partial charge on any atom is 0.339 e. The van der Waals surface area contributed by atoms with Crippen molar-refractivity contribution in [3.63, 3.8) is 0 Å². The van der Waals surface area contributed by atoms with Crippen molar-refractivity contribution in [2.75, 3.05) is 18.4 Å². The summed E-state index contributed by atoms with van der Waals surface area (Å²) in [6, 6.07) is 13.5. The lowest BCUT2D eigenvalue weighted by atomic mass is 9.95. The smallest absolute Gasteiger partial charge is 0.339 e. The van der Waals surface area contributed by atoms with E-state index in [0.29, 0.717) is 12.1 Å². The molecule has 1 atom stereocenters. The van der Waals surface area contributed by atoms with Crippen LogP contribution in [-0.2, 0) is 22.5 Å². The Hall–Kier alpha value is -3.25. The molecule has 6 nitrogen and oxygen atoms in total. The molecule has 0 fully saturated rings. The molecule has 1 unspecified atom stereocenters. The van der Waals surface area contributed by atoms with Gasteiger partial charge in [-0.2, -0.15) is 0 Å². The topological polar surface area (TPSA) is 71.5 Å². The second-order valence-corrected chi connectivity index (χ2v) is 8.81. The summed E-state index contributed by atoms with van der Waals surface area (Å²) in [5.41, 5.74) is 5.90. The molecule has 0 saturated heterocycles. The fraction of sp³-hybridized carbons (Fsp3) is 0.370. The van der Waals surface area contributed by atoms with Gasteiger partial charge in [0.25, 0.3) is 5.91 Å². The highest BCUT2D eigenvalue weighted by atomic mass is 16.5. The van der Waals surface area contributed by atoms with Gasteiger partial charge in [0.1, 0.15) is 0 Å².